The number of anilines is 1. The second-order valence-corrected chi connectivity index (χ2v) is 10.5. The third-order valence-electron chi connectivity index (χ3n) is 7.62. The van der Waals surface area contributed by atoms with E-state index in [1.165, 1.54) is 0 Å². The molecule has 10 nitrogen and oxygen atoms in total. The second kappa shape index (κ2) is 11.1. The topological polar surface area (TPSA) is 102 Å². The molecule has 0 radical (unpaired) electrons. The Balaban J connectivity index is 1.38. The molecule has 3 aromatic carbocycles. The zero-order valence-electron chi connectivity index (χ0n) is 24.0. The number of hydrogen-bond acceptors (Lipinski definition) is 8. The highest BCUT2D eigenvalue weighted by Gasteiger charge is 2.31. The molecule has 2 aliphatic heterocycles. The maximum Gasteiger partial charge on any atom is 0.252 e. The first kappa shape index (κ1) is 27.2. The summed E-state index contributed by atoms with van der Waals surface area (Å²) in [5, 5.41) is 3.76. The van der Waals surface area contributed by atoms with E-state index >= 15 is 0 Å². The molecular weight excluding hydrogens is 536 g/mol. The highest BCUT2D eigenvalue weighted by molar-refractivity contribution is 5.99. The first-order valence-corrected chi connectivity index (χ1v) is 13.6. The summed E-state index contributed by atoms with van der Waals surface area (Å²) < 4.78 is 22.3. The molecule has 216 valence electrons. The number of nitrogens with one attached hydrogen (secondary N) is 1. The van der Waals surface area contributed by atoms with Crippen LogP contribution in [0.4, 0.5) is 5.82 Å². The highest BCUT2D eigenvalue weighted by Crippen LogP contribution is 2.37. The Morgan fingerprint density at radius 2 is 1.74 bits per heavy atom. The molecule has 0 saturated heterocycles. The van der Waals surface area contributed by atoms with Crippen LogP contribution >= 0.6 is 0 Å². The lowest BCUT2D eigenvalue weighted by molar-refractivity contribution is -0.133. The van der Waals surface area contributed by atoms with E-state index in [-0.39, 0.29) is 31.6 Å². The molecule has 0 saturated carbocycles. The van der Waals surface area contributed by atoms with Crippen LogP contribution in [0, 0.1) is 0 Å². The van der Waals surface area contributed by atoms with Gasteiger partial charge in [0.05, 0.1) is 26.7 Å². The van der Waals surface area contributed by atoms with Gasteiger partial charge in [0.1, 0.15) is 22.8 Å². The van der Waals surface area contributed by atoms with E-state index in [2.05, 4.69) is 5.32 Å². The van der Waals surface area contributed by atoms with E-state index in [0.717, 1.165) is 22.1 Å². The van der Waals surface area contributed by atoms with Gasteiger partial charge in [-0.2, -0.15) is 0 Å². The van der Waals surface area contributed by atoms with Gasteiger partial charge in [0, 0.05) is 43.7 Å². The van der Waals surface area contributed by atoms with E-state index in [9.17, 15) is 9.59 Å². The Morgan fingerprint density at radius 3 is 2.52 bits per heavy atom. The van der Waals surface area contributed by atoms with E-state index < -0.39 is 6.04 Å². The lowest BCUT2D eigenvalue weighted by Gasteiger charge is -2.27. The Bertz CT molecular complexity index is 1690. The SMILES string of the molecule is COc1ccc(OC)c2nc(N(C)C)c(CN(Cc3ccc4c(c3)OCO4)C(=O)CC3NC(=O)c4ccccc43)cc12. The Labute approximate surface area is 243 Å². The van der Waals surface area contributed by atoms with Crippen LogP contribution < -0.4 is 29.2 Å². The smallest absolute Gasteiger partial charge is 0.252 e. The number of fused-ring (bicyclic) bond motifs is 3. The predicted molar refractivity (Wildman–Crippen MR) is 157 cm³/mol. The van der Waals surface area contributed by atoms with Crippen molar-refractivity contribution in [2.24, 2.45) is 0 Å². The van der Waals surface area contributed by atoms with Crippen molar-refractivity contribution < 1.29 is 28.5 Å². The minimum absolute atomic E-state index is 0.114. The summed E-state index contributed by atoms with van der Waals surface area (Å²) in [6, 6.07) is 18.3. The molecule has 1 unspecified atom stereocenters. The molecule has 3 heterocycles. The van der Waals surface area contributed by atoms with Crippen molar-refractivity contribution in [3.05, 3.63) is 82.9 Å². The fourth-order valence-electron chi connectivity index (χ4n) is 5.57. The van der Waals surface area contributed by atoms with Crippen molar-refractivity contribution in [1.29, 1.82) is 0 Å². The van der Waals surface area contributed by atoms with Gasteiger partial charge in [-0.25, -0.2) is 4.98 Å². The number of nitrogens with zero attached hydrogens (tertiary/aromatic N) is 3. The molecule has 1 aromatic heterocycles. The first-order valence-electron chi connectivity index (χ1n) is 13.6. The molecule has 0 bridgehead atoms. The summed E-state index contributed by atoms with van der Waals surface area (Å²) in [4.78, 5) is 35.3. The molecule has 2 aliphatic rings. The molecule has 0 aliphatic carbocycles. The average Bonchev–Trinajstić information content (AvgIpc) is 3.59. The van der Waals surface area contributed by atoms with E-state index in [4.69, 9.17) is 23.9 Å². The summed E-state index contributed by atoms with van der Waals surface area (Å²) >= 11 is 0. The van der Waals surface area contributed by atoms with Gasteiger partial charge >= 0.3 is 0 Å². The fraction of sp³-hybridized carbons (Fsp3) is 0.281. The summed E-state index contributed by atoms with van der Waals surface area (Å²) in [5.41, 5.74) is 3.83. The number of hydrogen-bond donors (Lipinski definition) is 1. The largest absolute Gasteiger partial charge is 0.496 e. The van der Waals surface area contributed by atoms with E-state index in [1.807, 2.05) is 73.6 Å². The molecule has 0 fully saturated rings. The normalized spacial score (nSPS) is 14.9. The Morgan fingerprint density at radius 1 is 0.976 bits per heavy atom. The third kappa shape index (κ3) is 5.00. The third-order valence-corrected chi connectivity index (χ3v) is 7.62. The molecule has 6 rings (SSSR count). The molecule has 4 aromatic rings. The van der Waals surface area contributed by atoms with Crippen molar-refractivity contribution in [1.82, 2.24) is 15.2 Å². The number of aromatic nitrogens is 1. The second-order valence-electron chi connectivity index (χ2n) is 10.5. The summed E-state index contributed by atoms with van der Waals surface area (Å²) in [6.45, 7) is 0.757. The quantitative estimate of drug-likeness (QED) is 0.316. The molecule has 1 N–H and O–H groups in total. The highest BCUT2D eigenvalue weighted by atomic mass is 16.7. The number of methoxy groups -OCH3 is 2. The van der Waals surface area contributed by atoms with Gasteiger partial charge in [-0.1, -0.05) is 24.3 Å². The lowest BCUT2D eigenvalue weighted by atomic mass is 10.0. The van der Waals surface area contributed by atoms with E-state index in [0.29, 0.717) is 46.4 Å². The van der Waals surface area contributed by atoms with Crippen LogP contribution in [0.3, 0.4) is 0 Å². The summed E-state index contributed by atoms with van der Waals surface area (Å²) in [7, 11) is 7.06. The van der Waals surface area contributed by atoms with Gasteiger partial charge in [-0.15, -0.1) is 0 Å². The summed E-state index contributed by atoms with van der Waals surface area (Å²) in [6.07, 6.45) is 0.114. The maximum absolute atomic E-state index is 14.1. The van der Waals surface area contributed by atoms with Crippen molar-refractivity contribution in [3.8, 4) is 23.0 Å². The van der Waals surface area contributed by atoms with Gasteiger partial charge in [-0.05, 0) is 47.5 Å². The van der Waals surface area contributed by atoms with Gasteiger partial charge < -0.3 is 34.1 Å². The monoisotopic (exact) mass is 568 g/mol. The number of amides is 2. The van der Waals surface area contributed by atoms with Crippen molar-refractivity contribution in [2.45, 2.75) is 25.6 Å². The minimum atomic E-state index is -0.409. The number of pyridine rings is 1. The first-order chi connectivity index (χ1) is 20.4. The van der Waals surface area contributed by atoms with Crippen LogP contribution in [-0.2, 0) is 17.9 Å². The van der Waals surface area contributed by atoms with Crippen molar-refractivity contribution in [3.63, 3.8) is 0 Å². The van der Waals surface area contributed by atoms with Crippen LogP contribution in [0.5, 0.6) is 23.0 Å². The molecule has 2 amide bonds. The number of ether oxygens (including phenoxy) is 4. The maximum atomic E-state index is 14.1. The zero-order chi connectivity index (χ0) is 29.4. The van der Waals surface area contributed by atoms with Gasteiger partial charge in [0.25, 0.3) is 5.91 Å². The van der Waals surface area contributed by atoms with Crippen molar-refractivity contribution >= 4 is 28.5 Å². The lowest BCUT2D eigenvalue weighted by Crippen LogP contribution is -2.34. The van der Waals surface area contributed by atoms with Gasteiger partial charge in [-0.3, -0.25) is 9.59 Å². The summed E-state index contributed by atoms with van der Waals surface area (Å²) in [5.74, 6) is 3.04. The molecular formula is C32H32N4O6. The predicted octanol–water partition coefficient (Wildman–Crippen LogP) is 4.45. The molecule has 1 atom stereocenters. The van der Waals surface area contributed by atoms with Gasteiger partial charge in [0.2, 0.25) is 12.7 Å². The number of benzene rings is 3. The minimum Gasteiger partial charge on any atom is -0.496 e. The van der Waals surface area contributed by atoms with Crippen LogP contribution in [0.25, 0.3) is 10.9 Å². The van der Waals surface area contributed by atoms with Crippen LogP contribution in [0.1, 0.15) is 39.5 Å². The number of carbonyl (C=O) groups is 2. The van der Waals surface area contributed by atoms with Crippen LogP contribution in [-0.4, -0.2) is 56.8 Å². The Hall–Kier alpha value is -4.99. The van der Waals surface area contributed by atoms with Gasteiger partial charge in [0.15, 0.2) is 11.5 Å². The Kier molecular flexibility index (Phi) is 7.20. The number of carbonyl (C=O) groups excluding carboxylic acids is 2. The fourth-order valence-corrected chi connectivity index (χ4v) is 5.57. The molecule has 10 heteroatoms. The average molecular weight is 569 g/mol. The van der Waals surface area contributed by atoms with Crippen LogP contribution in [0.15, 0.2) is 60.7 Å². The van der Waals surface area contributed by atoms with Crippen LogP contribution in [0.2, 0.25) is 0 Å². The van der Waals surface area contributed by atoms with Crippen molar-refractivity contribution in [2.75, 3.05) is 40.0 Å². The molecule has 42 heavy (non-hydrogen) atoms. The molecule has 0 spiro atoms. The zero-order valence-corrected chi connectivity index (χ0v) is 24.0. The standard InChI is InChI=1S/C32H32N4O6/c1-35(2)31-20(14-23-25(39-3)11-12-27(40-4)30(23)34-31)17-36(16-19-9-10-26-28(13-19)42-18-41-26)29(37)15-24-21-7-5-6-8-22(21)32(38)33-24/h5-14,24H,15-18H2,1-4H3,(H,33,38). The van der Waals surface area contributed by atoms with E-state index in [1.54, 1.807) is 25.2 Å². The number of rotatable bonds is 9.